The Bertz CT molecular complexity index is 299. The van der Waals surface area contributed by atoms with Crippen molar-refractivity contribution in [1.82, 2.24) is 0 Å². The number of terminal acetylenes is 1. The minimum absolute atomic E-state index is 0.237. The Morgan fingerprint density at radius 1 is 1.55 bits per heavy atom. The zero-order chi connectivity index (χ0) is 8.27. The molecule has 1 N–H and O–H groups in total. The van der Waals surface area contributed by atoms with Gasteiger partial charge in [-0.15, -0.1) is 6.42 Å². The first kappa shape index (κ1) is 7.77. The van der Waals surface area contributed by atoms with E-state index in [0.29, 0.717) is 5.56 Å². The average Bonchev–Trinajstić information content (AvgIpc) is 2.05. The average molecular weight is 150 g/mol. The summed E-state index contributed by atoms with van der Waals surface area (Å²) < 4.78 is 12.7. The molecule has 56 valence electrons. The van der Waals surface area contributed by atoms with E-state index in [1.807, 2.05) is 0 Å². The van der Waals surface area contributed by atoms with E-state index in [1.165, 1.54) is 18.2 Å². The normalized spacial score (nSPS) is 9.18. The molecule has 1 aromatic carbocycles. The van der Waals surface area contributed by atoms with Crippen molar-refractivity contribution in [3.63, 3.8) is 0 Å². The van der Waals surface area contributed by atoms with Crippen LogP contribution in [-0.2, 0) is 6.61 Å². The van der Waals surface area contributed by atoms with Gasteiger partial charge in [0.25, 0.3) is 0 Å². The molecule has 0 aliphatic rings. The van der Waals surface area contributed by atoms with Gasteiger partial charge in [-0.25, -0.2) is 4.39 Å². The molecule has 0 saturated carbocycles. The summed E-state index contributed by atoms with van der Waals surface area (Å²) in [6.07, 6.45) is 5.07. The van der Waals surface area contributed by atoms with Gasteiger partial charge in [0.1, 0.15) is 5.82 Å². The second-order valence-corrected chi connectivity index (χ2v) is 2.11. The number of halogens is 1. The van der Waals surface area contributed by atoms with Gasteiger partial charge < -0.3 is 5.11 Å². The zero-order valence-corrected chi connectivity index (χ0v) is 5.84. The van der Waals surface area contributed by atoms with Gasteiger partial charge in [-0.05, 0) is 18.2 Å². The molecular weight excluding hydrogens is 143 g/mol. The van der Waals surface area contributed by atoms with Crippen LogP contribution in [-0.4, -0.2) is 5.11 Å². The molecule has 2 heteroatoms. The number of aliphatic hydroxyl groups excluding tert-OH is 1. The van der Waals surface area contributed by atoms with Crippen molar-refractivity contribution in [3.05, 3.63) is 35.1 Å². The van der Waals surface area contributed by atoms with E-state index >= 15 is 0 Å². The fraction of sp³-hybridized carbons (Fsp3) is 0.111. The minimum Gasteiger partial charge on any atom is -0.392 e. The second-order valence-electron chi connectivity index (χ2n) is 2.11. The smallest absolute Gasteiger partial charge is 0.128 e. The largest absolute Gasteiger partial charge is 0.392 e. The van der Waals surface area contributed by atoms with E-state index < -0.39 is 5.82 Å². The van der Waals surface area contributed by atoms with Crippen LogP contribution in [0.1, 0.15) is 11.1 Å². The fourth-order valence-electron chi connectivity index (χ4n) is 0.786. The van der Waals surface area contributed by atoms with Crippen LogP contribution in [0.3, 0.4) is 0 Å². The van der Waals surface area contributed by atoms with Gasteiger partial charge in [0.05, 0.1) is 6.61 Å². The highest BCUT2D eigenvalue weighted by Gasteiger charge is 1.99. The SMILES string of the molecule is C#Cc1ccc(F)c(CO)c1. The molecule has 0 radical (unpaired) electrons. The first-order chi connectivity index (χ1) is 5.27. The summed E-state index contributed by atoms with van der Waals surface area (Å²) >= 11 is 0. The van der Waals surface area contributed by atoms with E-state index in [9.17, 15) is 4.39 Å². The lowest BCUT2D eigenvalue weighted by molar-refractivity contribution is 0.275. The highest BCUT2D eigenvalue weighted by molar-refractivity contribution is 5.35. The molecule has 0 amide bonds. The lowest BCUT2D eigenvalue weighted by atomic mass is 10.1. The van der Waals surface area contributed by atoms with Crippen LogP contribution in [0.25, 0.3) is 0 Å². The molecule has 11 heavy (non-hydrogen) atoms. The van der Waals surface area contributed by atoms with Crippen molar-refractivity contribution in [2.75, 3.05) is 0 Å². The van der Waals surface area contributed by atoms with Gasteiger partial charge in [-0.2, -0.15) is 0 Å². The van der Waals surface area contributed by atoms with E-state index in [1.54, 1.807) is 0 Å². The van der Waals surface area contributed by atoms with Crippen LogP contribution in [0.15, 0.2) is 18.2 Å². The number of benzene rings is 1. The van der Waals surface area contributed by atoms with Crippen LogP contribution in [0, 0.1) is 18.2 Å². The Morgan fingerprint density at radius 3 is 2.82 bits per heavy atom. The Morgan fingerprint density at radius 2 is 2.27 bits per heavy atom. The second kappa shape index (κ2) is 3.18. The third-order valence-corrected chi connectivity index (χ3v) is 1.38. The first-order valence-electron chi connectivity index (χ1n) is 3.14. The zero-order valence-electron chi connectivity index (χ0n) is 5.84. The number of rotatable bonds is 1. The lowest BCUT2D eigenvalue weighted by Gasteiger charge is -1.98. The summed E-state index contributed by atoms with van der Waals surface area (Å²) in [6, 6.07) is 4.20. The van der Waals surface area contributed by atoms with E-state index in [-0.39, 0.29) is 12.2 Å². The van der Waals surface area contributed by atoms with Crippen molar-refractivity contribution in [2.45, 2.75) is 6.61 Å². The molecule has 0 aliphatic heterocycles. The molecule has 0 aromatic heterocycles. The Balaban J connectivity index is 3.15. The monoisotopic (exact) mass is 150 g/mol. The van der Waals surface area contributed by atoms with Gasteiger partial charge in [0, 0.05) is 11.1 Å². The van der Waals surface area contributed by atoms with Gasteiger partial charge in [0.2, 0.25) is 0 Å². The molecule has 0 heterocycles. The Hall–Kier alpha value is -1.33. The Labute approximate surface area is 64.5 Å². The summed E-state index contributed by atoms with van der Waals surface area (Å²) in [7, 11) is 0. The molecule has 1 nitrogen and oxygen atoms in total. The standard InChI is InChI=1S/C9H7FO/c1-2-7-3-4-9(10)8(5-7)6-11/h1,3-5,11H,6H2. The molecule has 1 aromatic rings. The molecule has 0 unspecified atom stereocenters. The Kier molecular flexibility index (Phi) is 2.25. The summed E-state index contributed by atoms with van der Waals surface area (Å²) in [5.74, 6) is 1.93. The topological polar surface area (TPSA) is 20.2 Å². The predicted molar refractivity (Wildman–Crippen MR) is 40.3 cm³/mol. The van der Waals surface area contributed by atoms with Crippen LogP contribution in [0.5, 0.6) is 0 Å². The van der Waals surface area contributed by atoms with Crippen LogP contribution in [0.4, 0.5) is 4.39 Å². The molecule has 0 bridgehead atoms. The number of hydrogen-bond acceptors (Lipinski definition) is 1. The highest BCUT2D eigenvalue weighted by atomic mass is 19.1. The van der Waals surface area contributed by atoms with Crippen molar-refractivity contribution >= 4 is 0 Å². The molecule has 1 rings (SSSR count). The highest BCUT2D eigenvalue weighted by Crippen LogP contribution is 2.09. The maximum Gasteiger partial charge on any atom is 0.128 e. The maximum atomic E-state index is 12.7. The van der Waals surface area contributed by atoms with Gasteiger partial charge >= 0.3 is 0 Å². The summed E-state index contributed by atoms with van der Waals surface area (Å²) in [4.78, 5) is 0. The van der Waals surface area contributed by atoms with Crippen molar-refractivity contribution in [3.8, 4) is 12.3 Å². The van der Waals surface area contributed by atoms with Gasteiger partial charge in [0.15, 0.2) is 0 Å². The van der Waals surface area contributed by atoms with Crippen molar-refractivity contribution < 1.29 is 9.50 Å². The third kappa shape index (κ3) is 1.57. The van der Waals surface area contributed by atoms with E-state index in [2.05, 4.69) is 5.92 Å². The quantitative estimate of drug-likeness (QED) is 0.598. The molecule has 0 spiro atoms. The lowest BCUT2D eigenvalue weighted by Crippen LogP contribution is -1.89. The number of hydrogen-bond donors (Lipinski definition) is 1. The summed E-state index contributed by atoms with van der Waals surface area (Å²) in [6.45, 7) is -0.318. The van der Waals surface area contributed by atoms with E-state index in [4.69, 9.17) is 11.5 Å². The molecule has 0 fully saturated rings. The van der Waals surface area contributed by atoms with Crippen molar-refractivity contribution in [1.29, 1.82) is 0 Å². The van der Waals surface area contributed by atoms with Crippen LogP contribution >= 0.6 is 0 Å². The predicted octanol–water partition coefficient (Wildman–Crippen LogP) is 1.30. The summed E-state index contributed by atoms with van der Waals surface area (Å²) in [5, 5.41) is 8.63. The molecule has 0 aliphatic carbocycles. The van der Waals surface area contributed by atoms with E-state index in [0.717, 1.165) is 0 Å². The molecular formula is C9H7FO. The van der Waals surface area contributed by atoms with Gasteiger partial charge in [-0.1, -0.05) is 5.92 Å². The molecule has 0 atom stereocenters. The number of aliphatic hydroxyl groups is 1. The van der Waals surface area contributed by atoms with Crippen LogP contribution in [0.2, 0.25) is 0 Å². The minimum atomic E-state index is -0.425. The fourth-order valence-corrected chi connectivity index (χ4v) is 0.786. The van der Waals surface area contributed by atoms with Crippen LogP contribution < -0.4 is 0 Å². The van der Waals surface area contributed by atoms with Gasteiger partial charge in [-0.3, -0.25) is 0 Å². The third-order valence-electron chi connectivity index (χ3n) is 1.38. The maximum absolute atomic E-state index is 12.7. The molecule has 0 saturated heterocycles. The summed E-state index contributed by atoms with van der Waals surface area (Å²) in [5.41, 5.74) is 0.816. The van der Waals surface area contributed by atoms with Crippen molar-refractivity contribution in [2.24, 2.45) is 0 Å². The first-order valence-corrected chi connectivity index (χ1v) is 3.14.